The van der Waals surface area contributed by atoms with Crippen molar-refractivity contribution in [2.75, 3.05) is 32.9 Å². The second-order valence-corrected chi connectivity index (χ2v) is 5.22. The van der Waals surface area contributed by atoms with Crippen LogP contribution in [0.15, 0.2) is 29.3 Å². The zero-order chi connectivity index (χ0) is 18.5. The molecule has 5 nitrogen and oxygen atoms in total. The molecule has 0 bridgehead atoms. The van der Waals surface area contributed by atoms with Gasteiger partial charge in [-0.2, -0.15) is 13.2 Å². The molecule has 0 saturated heterocycles. The quantitative estimate of drug-likeness (QED) is 0.228. The molecular weight excluding hydrogens is 462 g/mol. The summed E-state index contributed by atoms with van der Waals surface area (Å²) < 4.78 is 46.3. The van der Waals surface area contributed by atoms with Gasteiger partial charge in [0.1, 0.15) is 5.75 Å². The van der Waals surface area contributed by atoms with Crippen molar-refractivity contribution in [2.24, 2.45) is 4.99 Å². The van der Waals surface area contributed by atoms with Crippen molar-refractivity contribution >= 4 is 29.9 Å². The van der Waals surface area contributed by atoms with Crippen LogP contribution in [0.1, 0.15) is 25.8 Å². The van der Waals surface area contributed by atoms with Gasteiger partial charge in [-0.05, 0) is 38.0 Å². The van der Waals surface area contributed by atoms with E-state index >= 15 is 0 Å². The Bertz CT molecular complexity index is 511. The minimum Gasteiger partial charge on any atom is -0.484 e. The second kappa shape index (κ2) is 13.9. The topological polar surface area (TPSA) is 54.9 Å². The fourth-order valence-corrected chi connectivity index (χ4v) is 1.89. The maximum atomic E-state index is 12.1. The van der Waals surface area contributed by atoms with Crippen molar-refractivity contribution < 1.29 is 22.6 Å². The smallest absolute Gasteiger partial charge is 0.422 e. The van der Waals surface area contributed by atoms with Crippen molar-refractivity contribution in [1.29, 1.82) is 0 Å². The molecule has 1 rings (SSSR count). The van der Waals surface area contributed by atoms with E-state index in [2.05, 4.69) is 20.4 Å². The van der Waals surface area contributed by atoms with Gasteiger partial charge in [0.15, 0.2) is 12.6 Å². The molecule has 0 aliphatic heterocycles. The number of guanidine groups is 1. The molecule has 1 aromatic rings. The summed E-state index contributed by atoms with van der Waals surface area (Å²) in [7, 11) is 0. The normalized spacial score (nSPS) is 11.7. The third-order valence-electron chi connectivity index (χ3n) is 3.05. The number of hydrogen-bond donors (Lipinski definition) is 2. The van der Waals surface area contributed by atoms with E-state index in [1.165, 1.54) is 12.1 Å². The number of alkyl halides is 3. The molecule has 0 aliphatic carbocycles. The molecule has 0 saturated carbocycles. The Morgan fingerprint density at radius 2 is 1.81 bits per heavy atom. The van der Waals surface area contributed by atoms with Crippen molar-refractivity contribution in [3.63, 3.8) is 0 Å². The Hall–Kier alpha value is -1.23. The van der Waals surface area contributed by atoms with Crippen LogP contribution in [0.5, 0.6) is 5.75 Å². The van der Waals surface area contributed by atoms with Gasteiger partial charge in [-0.15, -0.1) is 24.0 Å². The van der Waals surface area contributed by atoms with Gasteiger partial charge in [-0.3, -0.25) is 0 Å². The Morgan fingerprint density at radius 3 is 2.38 bits per heavy atom. The van der Waals surface area contributed by atoms with E-state index in [9.17, 15) is 13.2 Å². The molecule has 0 spiro atoms. The summed E-state index contributed by atoms with van der Waals surface area (Å²) in [5, 5.41) is 6.35. The van der Waals surface area contributed by atoms with Crippen LogP contribution < -0.4 is 15.4 Å². The van der Waals surface area contributed by atoms with Crippen LogP contribution in [-0.4, -0.2) is 45.0 Å². The molecule has 0 fully saturated rings. The van der Waals surface area contributed by atoms with Gasteiger partial charge in [0.05, 0.1) is 6.54 Å². The van der Waals surface area contributed by atoms with E-state index in [0.29, 0.717) is 25.7 Å². The predicted octanol–water partition coefficient (Wildman–Crippen LogP) is 3.73. The Balaban J connectivity index is 0.00000625. The molecule has 2 N–H and O–H groups in total. The largest absolute Gasteiger partial charge is 0.484 e. The van der Waals surface area contributed by atoms with Gasteiger partial charge in [0.2, 0.25) is 0 Å². The van der Waals surface area contributed by atoms with E-state index in [1.807, 2.05) is 13.8 Å². The van der Waals surface area contributed by atoms with Crippen LogP contribution in [0.2, 0.25) is 0 Å². The van der Waals surface area contributed by atoms with Crippen molar-refractivity contribution in [2.45, 2.75) is 33.0 Å². The average molecular weight is 489 g/mol. The minimum absolute atomic E-state index is 0. The highest BCUT2D eigenvalue weighted by molar-refractivity contribution is 14.0. The number of hydrogen-bond acceptors (Lipinski definition) is 3. The summed E-state index contributed by atoms with van der Waals surface area (Å²) in [6, 6.07) is 6.43. The highest BCUT2D eigenvalue weighted by Gasteiger charge is 2.28. The lowest BCUT2D eigenvalue weighted by atomic mass is 10.2. The van der Waals surface area contributed by atoms with Crippen molar-refractivity contribution in [3.8, 4) is 5.75 Å². The number of benzene rings is 1. The van der Waals surface area contributed by atoms with Gasteiger partial charge in [0, 0.05) is 26.3 Å². The third-order valence-corrected chi connectivity index (χ3v) is 3.05. The first-order valence-electron chi connectivity index (χ1n) is 8.33. The standard InChI is InChI=1S/C17H26F3N3O2.HI/c1-3-21-16(22-10-5-11-24-4-2)23-12-14-6-8-15(9-7-14)25-13-17(18,19)20;/h6-9H,3-5,10-13H2,1-2H3,(H2,21,22,23);1H. The predicted molar refractivity (Wildman–Crippen MR) is 107 cm³/mol. The van der Waals surface area contributed by atoms with Crippen molar-refractivity contribution in [3.05, 3.63) is 29.8 Å². The second-order valence-electron chi connectivity index (χ2n) is 5.22. The molecule has 0 heterocycles. The number of aliphatic imine (C=N–C) groups is 1. The molecule has 0 aromatic heterocycles. The number of nitrogens with zero attached hydrogens (tertiary/aromatic N) is 1. The monoisotopic (exact) mass is 489 g/mol. The Kier molecular flexibility index (Phi) is 13.2. The summed E-state index contributed by atoms with van der Waals surface area (Å²) in [6.45, 7) is 5.94. The SMILES string of the molecule is CCNC(=NCc1ccc(OCC(F)(F)F)cc1)NCCCOCC.I. The summed E-state index contributed by atoms with van der Waals surface area (Å²) >= 11 is 0. The lowest BCUT2D eigenvalue weighted by Crippen LogP contribution is -2.38. The van der Waals surface area contributed by atoms with E-state index in [4.69, 9.17) is 4.74 Å². The highest BCUT2D eigenvalue weighted by Crippen LogP contribution is 2.19. The molecule has 0 unspecified atom stereocenters. The first-order valence-corrected chi connectivity index (χ1v) is 8.33. The molecule has 9 heteroatoms. The van der Waals surface area contributed by atoms with Crippen LogP contribution in [0.3, 0.4) is 0 Å². The number of rotatable bonds is 10. The average Bonchev–Trinajstić information content (AvgIpc) is 2.58. The lowest BCUT2D eigenvalue weighted by Gasteiger charge is -2.11. The minimum atomic E-state index is -4.34. The van der Waals surface area contributed by atoms with Gasteiger partial charge in [0.25, 0.3) is 0 Å². The lowest BCUT2D eigenvalue weighted by molar-refractivity contribution is -0.153. The first-order chi connectivity index (χ1) is 11.9. The zero-order valence-electron chi connectivity index (χ0n) is 15.1. The summed E-state index contributed by atoms with van der Waals surface area (Å²) in [5.41, 5.74) is 0.880. The molecule has 1 aromatic carbocycles. The summed E-state index contributed by atoms with van der Waals surface area (Å²) in [5.74, 6) is 0.877. The molecule has 0 amide bonds. The molecule has 0 aliphatic rings. The highest BCUT2D eigenvalue weighted by atomic mass is 127. The maximum Gasteiger partial charge on any atom is 0.422 e. The Labute approximate surface area is 169 Å². The van der Waals surface area contributed by atoms with Gasteiger partial charge >= 0.3 is 6.18 Å². The number of nitrogens with one attached hydrogen (secondary N) is 2. The van der Waals surface area contributed by atoms with E-state index < -0.39 is 12.8 Å². The van der Waals surface area contributed by atoms with Gasteiger partial charge in [-0.25, -0.2) is 4.99 Å². The summed E-state index contributed by atoms with van der Waals surface area (Å²) in [6.07, 6.45) is -3.46. The first kappa shape index (κ1) is 24.8. The van der Waals surface area contributed by atoms with Crippen LogP contribution in [0, 0.1) is 0 Å². The molecule has 0 radical (unpaired) electrons. The molecule has 26 heavy (non-hydrogen) atoms. The molecular formula is C17H27F3IN3O2. The van der Waals surface area contributed by atoms with Crippen LogP contribution in [-0.2, 0) is 11.3 Å². The van der Waals surface area contributed by atoms with Gasteiger partial charge in [-0.1, -0.05) is 12.1 Å². The third kappa shape index (κ3) is 12.2. The van der Waals surface area contributed by atoms with E-state index in [1.54, 1.807) is 12.1 Å². The maximum absolute atomic E-state index is 12.1. The molecule has 0 atom stereocenters. The van der Waals surface area contributed by atoms with Crippen LogP contribution in [0.25, 0.3) is 0 Å². The summed E-state index contributed by atoms with van der Waals surface area (Å²) in [4.78, 5) is 4.45. The number of ether oxygens (including phenoxy) is 2. The zero-order valence-corrected chi connectivity index (χ0v) is 17.4. The fourth-order valence-electron chi connectivity index (χ4n) is 1.89. The van der Waals surface area contributed by atoms with E-state index in [-0.39, 0.29) is 29.7 Å². The van der Waals surface area contributed by atoms with Crippen LogP contribution in [0.4, 0.5) is 13.2 Å². The van der Waals surface area contributed by atoms with E-state index in [0.717, 1.165) is 25.1 Å². The van der Waals surface area contributed by atoms with Gasteiger partial charge < -0.3 is 20.1 Å². The van der Waals surface area contributed by atoms with Crippen LogP contribution >= 0.6 is 24.0 Å². The molecule has 150 valence electrons. The van der Waals surface area contributed by atoms with Crippen molar-refractivity contribution in [1.82, 2.24) is 10.6 Å². The number of halogens is 4. The fraction of sp³-hybridized carbons (Fsp3) is 0.588. The Morgan fingerprint density at radius 1 is 1.12 bits per heavy atom.